The van der Waals surface area contributed by atoms with Gasteiger partial charge in [-0.3, -0.25) is 0 Å². The molecule has 2 aliphatic rings. The summed E-state index contributed by atoms with van der Waals surface area (Å²) in [6.45, 7) is 1.65. The Bertz CT molecular complexity index is 1540. The van der Waals surface area contributed by atoms with E-state index >= 15 is 0 Å². The van der Waals surface area contributed by atoms with Crippen LogP contribution in [0.15, 0.2) is 94.9 Å². The highest BCUT2D eigenvalue weighted by molar-refractivity contribution is 8.03. The number of thiazole rings is 1. The van der Waals surface area contributed by atoms with Gasteiger partial charge in [0.05, 0.1) is 11.4 Å². The molecule has 0 amide bonds. The molecular formula is C33H35N2O4S2+. The molecule has 3 heterocycles. The van der Waals surface area contributed by atoms with Crippen LogP contribution in [0.3, 0.4) is 0 Å². The van der Waals surface area contributed by atoms with Gasteiger partial charge in [0, 0.05) is 43.1 Å². The van der Waals surface area contributed by atoms with E-state index in [1.54, 1.807) is 23.1 Å². The fraction of sp³-hybridized carbons (Fsp3) is 0.303. The summed E-state index contributed by atoms with van der Waals surface area (Å²) in [6, 6.07) is 16.1. The summed E-state index contributed by atoms with van der Waals surface area (Å²) in [6.07, 6.45) is 19.4. The molecule has 2 aliphatic heterocycles. The lowest BCUT2D eigenvalue weighted by molar-refractivity contribution is -0.669. The minimum absolute atomic E-state index is 0.114. The second kappa shape index (κ2) is 13.5. The van der Waals surface area contributed by atoms with Gasteiger partial charge < -0.3 is 15.0 Å². The number of piperidine rings is 1. The van der Waals surface area contributed by atoms with Gasteiger partial charge in [-0.05, 0) is 56.0 Å². The number of thioether (sulfide) groups is 1. The van der Waals surface area contributed by atoms with Crippen LogP contribution < -0.4 is 14.2 Å². The number of carbonyl (C=O) groups is 2. The molecule has 0 bridgehead atoms. The maximum Gasteiger partial charge on any atom is 0.363 e. The second-order valence-electron chi connectivity index (χ2n) is 10.4. The third-order valence-corrected chi connectivity index (χ3v) is 10.1. The van der Waals surface area contributed by atoms with Crippen LogP contribution in [0.2, 0.25) is 0 Å². The zero-order valence-electron chi connectivity index (χ0n) is 23.0. The number of aliphatic carboxylic acids is 2. The number of rotatable bonds is 11. The molecule has 0 saturated carbocycles. The number of carbonyl (C=O) groups excluding carboxylic acids is 1. The van der Waals surface area contributed by atoms with Crippen molar-refractivity contribution < 1.29 is 24.4 Å². The Balaban J connectivity index is 1.28. The number of unbranched alkanes of at least 4 members (excludes halogenated alkanes) is 2. The standard InChI is InChI=1S/C33H34N2O4S2/c36-32(37)22-7-4-13-23-34-25-15-8-10-18-28(25)40-30(34)20-5-2-1-3-6-21-31-35(24-14-12-17-27(35)33(38)39)26-16-9-11-19-29(26)41-31/h1-3,5-6,8-11,15-16,18-21,27H,4,7,12-14,17,22-24H2/p+1/b2-1+,6-3+,20-5+,31-21-. The van der Waals surface area contributed by atoms with Crippen LogP contribution >= 0.6 is 23.1 Å². The largest absolute Gasteiger partial charge is 0.550 e. The van der Waals surface area contributed by atoms with E-state index in [1.165, 1.54) is 10.2 Å². The molecule has 1 fully saturated rings. The van der Waals surface area contributed by atoms with Gasteiger partial charge in [-0.25, -0.2) is 9.28 Å². The number of fused-ring (bicyclic) bond motifs is 3. The van der Waals surface area contributed by atoms with E-state index in [1.807, 2.05) is 54.6 Å². The Labute approximate surface area is 249 Å². The average molecular weight is 588 g/mol. The van der Waals surface area contributed by atoms with Gasteiger partial charge in [0.25, 0.3) is 5.01 Å². The van der Waals surface area contributed by atoms with Crippen molar-refractivity contribution in [3.8, 4) is 0 Å². The molecule has 1 N–H and O–H groups in total. The summed E-state index contributed by atoms with van der Waals surface area (Å²) in [5.74, 6) is -1.71. The van der Waals surface area contributed by atoms with E-state index in [4.69, 9.17) is 0 Å². The first-order chi connectivity index (χ1) is 20.0. The zero-order chi connectivity index (χ0) is 28.7. The number of nitrogens with zero attached hydrogens (tertiary/aromatic N) is 2. The van der Waals surface area contributed by atoms with Crippen molar-refractivity contribution in [3.63, 3.8) is 0 Å². The fourth-order valence-corrected chi connectivity index (χ4v) is 8.32. The molecule has 2 unspecified atom stereocenters. The van der Waals surface area contributed by atoms with Crippen LogP contribution in [0, 0.1) is 0 Å². The molecule has 0 aliphatic carbocycles. The molecular weight excluding hydrogens is 553 g/mol. The first-order valence-electron chi connectivity index (χ1n) is 14.2. The molecule has 0 radical (unpaired) electrons. The highest BCUT2D eigenvalue weighted by Gasteiger charge is 2.53. The van der Waals surface area contributed by atoms with Crippen molar-refractivity contribution in [1.82, 2.24) is 4.48 Å². The van der Waals surface area contributed by atoms with Gasteiger partial charge in [0.1, 0.15) is 4.70 Å². The minimum Gasteiger partial charge on any atom is -0.550 e. The van der Waals surface area contributed by atoms with Crippen LogP contribution in [0.25, 0.3) is 16.3 Å². The number of quaternary nitrogens is 1. The van der Waals surface area contributed by atoms with Gasteiger partial charge in [0.15, 0.2) is 23.3 Å². The number of allylic oxidation sites excluding steroid dienone is 6. The smallest absolute Gasteiger partial charge is 0.363 e. The number of carboxylic acid groups (broad SMARTS) is 2. The first-order valence-corrected chi connectivity index (χ1v) is 15.9. The quantitative estimate of drug-likeness (QED) is 0.125. The summed E-state index contributed by atoms with van der Waals surface area (Å²) in [7, 11) is 0. The van der Waals surface area contributed by atoms with Gasteiger partial charge in [-0.15, -0.1) is 0 Å². The van der Waals surface area contributed by atoms with Crippen molar-refractivity contribution in [2.45, 2.75) is 62.4 Å². The number of hydrogen-bond acceptors (Lipinski definition) is 5. The van der Waals surface area contributed by atoms with Crippen molar-refractivity contribution in [1.29, 1.82) is 0 Å². The minimum atomic E-state index is -0.983. The molecule has 2 atom stereocenters. The van der Waals surface area contributed by atoms with E-state index in [2.05, 4.69) is 41.0 Å². The van der Waals surface area contributed by atoms with Gasteiger partial charge >= 0.3 is 5.97 Å². The van der Waals surface area contributed by atoms with Crippen molar-refractivity contribution in [3.05, 3.63) is 95.0 Å². The predicted molar refractivity (Wildman–Crippen MR) is 165 cm³/mol. The van der Waals surface area contributed by atoms with Gasteiger partial charge in [-0.1, -0.05) is 66.0 Å². The van der Waals surface area contributed by atoms with E-state index in [0.717, 1.165) is 59.4 Å². The maximum atomic E-state index is 12.3. The number of benzene rings is 2. The molecule has 3 aromatic rings. The van der Waals surface area contributed by atoms with Gasteiger partial charge in [0.2, 0.25) is 5.52 Å². The summed E-state index contributed by atoms with van der Waals surface area (Å²) in [4.78, 5) is 24.2. The number of hydrogen-bond donors (Lipinski definition) is 1. The highest BCUT2D eigenvalue weighted by atomic mass is 32.2. The Morgan fingerprint density at radius 3 is 2.61 bits per heavy atom. The molecule has 2 aromatic carbocycles. The molecule has 212 valence electrons. The third kappa shape index (κ3) is 6.40. The van der Waals surface area contributed by atoms with E-state index < -0.39 is 18.0 Å². The van der Waals surface area contributed by atoms with E-state index in [9.17, 15) is 19.8 Å². The molecule has 41 heavy (non-hydrogen) atoms. The van der Waals surface area contributed by atoms with Crippen molar-refractivity contribution in [2.24, 2.45) is 0 Å². The highest BCUT2D eigenvalue weighted by Crippen LogP contribution is 2.54. The number of aryl methyl sites for hydroxylation is 1. The molecule has 5 rings (SSSR count). The Hall–Kier alpha value is -3.46. The fourth-order valence-electron chi connectivity index (χ4n) is 5.88. The second-order valence-corrected chi connectivity index (χ2v) is 12.5. The van der Waals surface area contributed by atoms with E-state index in [0.29, 0.717) is 17.3 Å². The van der Waals surface area contributed by atoms with E-state index in [-0.39, 0.29) is 6.42 Å². The third-order valence-electron chi connectivity index (χ3n) is 7.78. The lowest BCUT2D eigenvalue weighted by Gasteiger charge is -2.42. The van der Waals surface area contributed by atoms with Crippen molar-refractivity contribution >= 4 is 57.0 Å². The summed E-state index contributed by atoms with van der Waals surface area (Å²) in [5, 5.41) is 23.0. The Morgan fingerprint density at radius 2 is 1.76 bits per heavy atom. The van der Waals surface area contributed by atoms with Crippen LogP contribution in [-0.2, 0) is 16.1 Å². The molecule has 1 saturated heterocycles. The summed E-state index contributed by atoms with van der Waals surface area (Å²) >= 11 is 3.43. The summed E-state index contributed by atoms with van der Waals surface area (Å²) < 4.78 is 3.95. The summed E-state index contributed by atoms with van der Waals surface area (Å²) in [5.41, 5.74) is 2.30. The number of aromatic nitrogens is 1. The molecule has 1 aromatic heterocycles. The Morgan fingerprint density at radius 1 is 0.976 bits per heavy atom. The normalized spacial score (nSPS) is 21.7. The monoisotopic (exact) mass is 587 g/mol. The van der Waals surface area contributed by atoms with Crippen LogP contribution in [-0.4, -0.2) is 29.6 Å². The number of carboxylic acids is 2. The number of para-hydroxylation sites is 2. The SMILES string of the molecule is O=C([O-])CCCCC[n+]1c(/C=C/C=C/C=C/C=C2\Sc3ccccc3[N+]23CCCCC3C(=O)O)sc2ccccc21. The predicted octanol–water partition coefficient (Wildman–Crippen LogP) is 6.22. The lowest BCUT2D eigenvalue weighted by Crippen LogP contribution is -2.59. The average Bonchev–Trinajstić information content (AvgIpc) is 3.47. The molecule has 6 nitrogen and oxygen atoms in total. The topological polar surface area (TPSA) is 81.3 Å². The van der Waals surface area contributed by atoms with Crippen LogP contribution in [0.1, 0.15) is 50.0 Å². The lowest BCUT2D eigenvalue weighted by atomic mass is 9.97. The maximum absolute atomic E-state index is 12.3. The first kappa shape index (κ1) is 29.0. The molecule has 1 spiro atoms. The van der Waals surface area contributed by atoms with Crippen molar-refractivity contribution in [2.75, 3.05) is 6.54 Å². The van der Waals surface area contributed by atoms with Crippen LogP contribution in [0.5, 0.6) is 0 Å². The molecule has 8 heteroatoms. The van der Waals surface area contributed by atoms with Gasteiger partial charge in [-0.2, -0.15) is 4.57 Å². The Kier molecular flexibility index (Phi) is 9.54. The zero-order valence-corrected chi connectivity index (χ0v) is 24.6. The van der Waals surface area contributed by atoms with Crippen LogP contribution in [0.4, 0.5) is 5.69 Å².